The molecular weight excluding hydrogens is 556 g/mol. The fraction of sp³-hybridized carbons (Fsp3) is 0.143. The Labute approximate surface area is 234 Å². The molecule has 204 valence electrons. The molecule has 2 unspecified atom stereocenters. The van der Waals surface area contributed by atoms with Gasteiger partial charge in [-0.3, -0.25) is 14.4 Å². The topological polar surface area (TPSA) is 136 Å². The van der Waals surface area contributed by atoms with Crippen LogP contribution in [0.3, 0.4) is 0 Å². The van der Waals surface area contributed by atoms with E-state index in [0.29, 0.717) is 11.1 Å². The van der Waals surface area contributed by atoms with Crippen LogP contribution in [-0.2, 0) is 28.6 Å². The van der Waals surface area contributed by atoms with Crippen LogP contribution in [0.1, 0.15) is 20.7 Å². The minimum atomic E-state index is -4.34. The fourth-order valence-electron chi connectivity index (χ4n) is 4.03. The first kappa shape index (κ1) is 27.3. The average Bonchev–Trinajstić information content (AvgIpc) is 2.99. The number of nitrogens with zero attached hydrogens (tertiary/aromatic N) is 1. The molecule has 3 atom stereocenters. The van der Waals surface area contributed by atoms with Crippen molar-refractivity contribution in [2.24, 2.45) is 0 Å². The van der Waals surface area contributed by atoms with Gasteiger partial charge in [0, 0.05) is 17.3 Å². The molecule has 0 radical (unpaired) electrons. The van der Waals surface area contributed by atoms with Crippen LogP contribution in [0.5, 0.6) is 0 Å². The van der Waals surface area contributed by atoms with E-state index in [9.17, 15) is 27.6 Å². The van der Waals surface area contributed by atoms with Gasteiger partial charge in [-0.05, 0) is 24.3 Å². The van der Waals surface area contributed by atoms with Crippen LogP contribution >= 0.6 is 11.8 Å². The Morgan fingerprint density at radius 2 is 1.43 bits per heavy atom. The van der Waals surface area contributed by atoms with Crippen molar-refractivity contribution in [1.29, 1.82) is 0 Å². The lowest BCUT2D eigenvalue weighted by Gasteiger charge is -2.48. The van der Waals surface area contributed by atoms with Crippen LogP contribution < -0.4 is 5.32 Å². The highest BCUT2D eigenvalue weighted by atomic mass is 32.2. The summed E-state index contributed by atoms with van der Waals surface area (Å²) in [4.78, 5) is 52.1. The maximum absolute atomic E-state index is 13.1. The highest BCUT2D eigenvalue weighted by molar-refractivity contribution is 8.01. The molecule has 1 saturated heterocycles. The Morgan fingerprint density at radius 1 is 0.850 bits per heavy atom. The number of β-lactam (4-membered cyclic amide) rings is 1. The van der Waals surface area contributed by atoms with Crippen LogP contribution in [0.25, 0.3) is 0 Å². The number of ketones is 1. The van der Waals surface area contributed by atoms with Crippen molar-refractivity contribution in [1.82, 2.24) is 10.2 Å². The molecule has 12 heteroatoms. The first-order valence-corrected chi connectivity index (χ1v) is 14.4. The standard InChI is InChI=1S/C28H22N2O8S2/c31-22(18-10-4-1-5-11-18)17-37-27(34)21-16-30-25(33)23(29-24(32)19-12-6-2-7-13-19)26(30)39-28(21)38-40(35,36)20-14-8-3-9-15-20/h1-16,23,26,28H,17H2,(H,29,32)/t23?,26-,28?/m1/s1. The summed E-state index contributed by atoms with van der Waals surface area (Å²) in [7, 11) is -4.34. The number of carbonyl (C=O) groups is 4. The fourth-order valence-corrected chi connectivity index (χ4v) is 6.65. The van der Waals surface area contributed by atoms with E-state index in [-0.39, 0.29) is 10.5 Å². The molecule has 5 rings (SSSR count). The van der Waals surface area contributed by atoms with Gasteiger partial charge in [-0.15, -0.1) is 0 Å². The van der Waals surface area contributed by atoms with Crippen LogP contribution in [0.4, 0.5) is 0 Å². The second-order valence-electron chi connectivity index (χ2n) is 8.73. The van der Waals surface area contributed by atoms with Gasteiger partial charge in [-0.2, -0.15) is 8.42 Å². The number of carbonyl (C=O) groups excluding carboxylic acids is 4. The van der Waals surface area contributed by atoms with Gasteiger partial charge >= 0.3 is 5.97 Å². The molecule has 0 saturated carbocycles. The van der Waals surface area contributed by atoms with Crippen LogP contribution in [0.15, 0.2) is 108 Å². The number of rotatable bonds is 9. The van der Waals surface area contributed by atoms with E-state index in [1.165, 1.54) is 29.2 Å². The smallest absolute Gasteiger partial charge is 0.339 e. The molecule has 1 N–H and O–H groups in total. The molecule has 1 fully saturated rings. The second-order valence-corrected chi connectivity index (χ2v) is 11.5. The molecule has 0 bridgehead atoms. The zero-order chi connectivity index (χ0) is 28.3. The summed E-state index contributed by atoms with van der Waals surface area (Å²) in [6.45, 7) is -0.601. The SMILES string of the molecule is O=C(OCC(=O)c1ccccc1)C1=CN2C(=O)C(NC(=O)c3ccccc3)[C@H]2SC1OS(=O)(=O)c1ccccc1. The van der Waals surface area contributed by atoms with E-state index in [4.69, 9.17) is 8.92 Å². The monoisotopic (exact) mass is 578 g/mol. The Bertz CT molecular complexity index is 1580. The van der Waals surface area contributed by atoms with Crippen molar-refractivity contribution >= 4 is 45.4 Å². The number of esters is 1. The first-order valence-electron chi connectivity index (χ1n) is 12.0. The van der Waals surface area contributed by atoms with Crippen LogP contribution in [-0.4, -0.2) is 60.3 Å². The van der Waals surface area contributed by atoms with Gasteiger partial charge in [0.15, 0.2) is 17.8 Å². The van der Waals surface area contributed by atoms with Gasteiger partial charge in [0.25, 0.3) is 21.9 Å². The number of ether oxygens (including phenoxy) is 1. The molecule has 2 aliphatic rings. The zero-order valence-corrected chi connectivity index (χ0v) is 22.3. The first-order chi connectivity index (χ1) is 19.2. The summed E-state index contributed by atoms with van der Waals surface area (Å²) in [5.41, 5.74) is -1.02. The summed E-state index contributed by atoms with van der Waals surface area (Å²) in [6.07, 6.45) is 1.15. The van der Waals surface area contributed by atoms with Crippen molar-refractivity contribution in [3.63, 3.8) is 0 Å². The lowest BCUT2D eigenvalue weighted by Crippen LogP contribution is -2.69. The van der Waals surface area contributed by atoms with E-state index in [2.05, 4.69) is 5.32 Å². The number of benzene rings is 3. The Morgan fingerprint density at radius 3 is 2.05 bits per heavy atom. The number of thioether (sulfide) groups is 1. The molecule has 0 aromatic heterocycles. The molecule has 3 aromatic carbocycles. The highest BCUT2D eigenvalue weighted by Crippen LogP contribution is 2.42. The molecule has 2 aliphatic heterocycles. The van der Waals surface area contributed by atoms with E-state index in [0.717, 1.165) is 18.0 Å². The summed E-state index contributed by atoms with van der Waals surface area (Å²) in [6, 6.07) is 22.9. The Hall–Kier alpha value is -4.26. The highest BCUT2D eigenvalue weighted by Gasteiger charge is 2.53. The van der Waals surface area contributed by atoms with Crippen molar-refractivity contribution < 1.29 is 36.5 Å². The maximum atomic E-state index is 13.1. The molecule has 3 aromatic rings. The lowest BCUT2D eigenvalue weighted by molar-refractivity contribution is -0.142. The molecule has 0 spiro atoms. The largest absolute Gasteiger partial charge is 0.454 e. The van der Waals surface area contributed by atoms with Gasteiger partial charge in [0.05, 0.1) is 10.5 Å². The van der Waals surface area contributed by atoms with E-state index in [1.807, 2.05) is 0 Å². The number of hydrogen-bond acceptors (Lipinski definition) is 9. The third-order valence-electron chi connectivity index (χ3n) is 6.11. The van der Waals surface area contributed by atoms with Gasteiger partial charge in [-0.1, -0.05) is 78.5 Å². The average molecular weight is 579 g/mol. The second kappa shape index (κ2) is 11.5. The lowest BCUT2D eigenvalue weighted by atomic mass is 10.1. The van der Waals surface area contributed by atoms with E-state index < -0.39 is 57.1 Å². The van der Waals surface area contributed by atoms with Gasteiger partial charge in [0.1, 0.15) is 11.4 Å². The Balaban J connectivity index is 1.37. The third-order valence-corrected chi connectivity index (χ3v) is 8.90. The normalized spacial score (nSPS) is 20.0. The summed E-state index contributed by atoms with van der Waals surface area (Å²) in [5, 5.41) is 1.90. The van der Waals surface area contributed by atoms with E-state index >= 15 is 0 Å². The van der Waals surface area contributed by atoms with Crippen molar-refractivity contribution in [2.45, 2.75) is 21.7 Å². The van der Waals surface area contributed by atoms with Crippen molar-refractivity contribution in [2.75, 3.05) is 6.61 Å². The number of Topliss-reactive ketones (excluding diaryl/α,β-unsaturated/α-hetero) is 1. The predicted octanol–water partition coefficient (Wildman–Crippen LogP) is 2.74. The number of nitrogens with one attached hydrogen (secondary N) is 1. The van der Waals surface area contributed by atoms with Gasteiger partial charge in [-0.25, -0.2) is 8.98 Å². The minimum absolute atomic E-state index is 0.136. The van der Waals surface area contributed by atoms with Gasteiger partial charge < -0.3 is 15.0 Å². The van der Waals surface area contributed by atoms with Crippen LogP contribution in [0, 0.1) is 0 Å². The number of hydrogen-bond donors (Lipinski definition) is 1. The zero-order valence-electron chi connectivity index (χ0n) is 20.7. The summed E-state index contributed by atoms with van der Waals surface area (Å²) < 4.78 is 36.7. The maximum Gasteiger partial charge on any atom is 0.339 e. The molecule has 2 amide bonds. The molecular formula is C28H22N2O8S2. The minimum Gasteiger partial charge on any atom is -0.454 e. The molecule has 0 aliphatic carbocycles. The summed E-state index contributed by atoms with van der Waals surface area (Å²) in [5.74, 6) is -2.47. The summed E-state index contributed by atoms with van der Waals surface area (Å²) >= 11 is 0.854. The third kappa shape index (κ3) is 5.69. The van der Waals surface area contributed by atoms with E-state index in [1.54, 1.807) is 66.7 Å². The Kier molecular flexibility index (Phi) is 7.83. The predicted molar refractivity (Wildman–Crippen MR) is 144 cm³/mol. The molecule has 2 heterocycles. The molecule has 10 nitrogen and oxygen atoms in total. The number of amides is 2. The quantitative estimate of drug-likeness (QED) is 0.176. The number of fused-ring (bicyclic) bond motifs is 1. The molecule has 40 heavy (non-hydrogen) atoms. The van der Waals surface area contributed by atoms with Crippen molar-refractivity contribution in [3.05, 3.63) is 114 Å². The van der Waals surface area contributed by atoms with Crippen molar-refractivity contribution in [3.8, 4) is 0 Å². The van der Waals surface area contributed by atoms with Gasteiger partial charge in [0.2, 0.25) is 0 Å². The van der Waals surface area contributed by atoms with Crippen LogP contribution in [0.2, 0.25) is 0 Å².